The van der Waals surface area contributed by atoms with E-state index in [9.17, 15) is 22.8 Å². The minimum absolute atomic E-state index is 0.0475. The first-order valence-corrected chi connectivity index (χ1v) is 10.5. The summed E-state index contributed by atoms with van der Waals surface area (Å²) in [5.74, 6) is -1.57. The molecule has 10 nitrogen and oxygen atoms in total. The van der Waals surface area contributed by atoms with Crippen LogP contribution >= 0.6 is 0 Å². The van der Waals surface area contributed by atoms with Crippen molar-refractivity contribution in [3.05, 3.63) is 47.5 Å². The summed E-state index contributed by atoms with van der Waals surface area (Å²) in [4.78, 5) is 35.4. The van der Waals surface area contributed by atoms with E-state index in [1.165, 1.54) is 43.5 Å². The minimum Gasteiger partial charge on any atom is -0.495 e. The van der Waals surface area contributed by atoms with E-state index in [-0.39, 0.29) is 45.5 Å². The average molecular weight is 450 g/mol. The van der Waals surface area contributed by atoms with E-state index in [4.69, 9.17) is 4.74 Å². The Kier molecular flexibility index (Phi) is 7.59. The van der Waals surface area contributed by atoms with Crippen LogP contribution in [-0.4, -0.2) is 47.6 Å². The van der Waals surface area contributed by atoms with Crippen molar-refractivity contribution < 1.29 is 37.0 Å². The van der Waals surface area contributed by atoms with Gasteiger partial charge >= 0.3 is 11.9 Å². The molecule has 2 rings (SSSR count). The van der Waals surface area contributed by atoms with Gasteiger partial charge in [-0.3, -0.25) is 9.52 Å². The zero-order valence-corrected chi connectivity index (χ0v) is 18.2. The van der Waals surface area contributed by atoms with E-state index in [0.29, 0.717) is 0 Å². The van der Waals surface area contributed by atoms with Crippen LogP contribution in [0.4, 0.5) is 11.4 Å². The fourth-order valence-electron chi connectivity index (χ4n) is 2.56. The van der Waals surface area contributed by atoms with Gasteiger partial charge in [0.2, 0.25) is 5.91 Å². The Labute approximate surface area is 179 Å². The number of carbonyl (C=O) groups excluding carboxylic acids is 3. The van der Waals surface area contributed by atoms with E-state index in [0.717, 1.165) is 14.2 Å². The number of amides is 1. The number of esters is 2. The third-order valence-corrected chi connectivity index (χ3v) is 5.48. The molecule has 2 aromatic rings. The predicted octanol–water partition coefficient (Wildman–Crippen LogP) is 2.42. The maximum absolute atomic E-state index is 12.9. The second-order valence-corrected chi connectivity index (χ2v) is 7.83. The summed E-state index contributed by atoms with van der Waals surface area (Å²) < 4.78 is 42.6. The Hall–Kier alpha value is -3.60. The highest BCUT2D eigenvalue weighted by Crippen LogP contribution is 2.29. The molecule has 166 valence electrons. The number of carbonyl (C=O) groups is 3. The van der Waals surface area contributed by atoms with Gasteiger partial charge in [0.25, 0.3) is 10.0 Å². The molecule has 0 heterocycles. The maximum atomic E-state index is 12.9. The molecular weight excluding hydrogens is 428 g/mol. The van der Waals surface area contributed by atoms with Crippen molar-refractivity contribution >= 4 is 39.2 Å². The van der Waals surface area contributed by atoms with Crippen LogP contribution in [0.2, 0.25) is 0 Å². The lowest BCUT2D eigenvalue weighted by atomic mass is 10.1. The smallest absolute Gasteiger partial charge is 0.337 e. The van der Waals surface area contributed by atoms with E-state index >= 15 is 0 Å². The van der Waals surface area contributed by atoms with Crippen LogP contribution in [0.5, 0.6) is 5.75 Å². The Morgan fingerprint density at radius 1 is 0.903 bits per heavy atom. The highest BCUT2D eigenvalue weighted by molar-refractivity contribution is 7.92. The molecule has 0 radical (unpaired) electrons. The third-order valence-electron chi connectivity index (χ3n) is 4.10. The topological polar surface area (TPSA) is 137 Å². The molecule has 0 aliphatic heterocycles. The van der Waals surface area contributed by atoms with Gasteiger partial charge in [-0.25, -0.2) is 18.0 Å². The van der Waals surface area contributed by atoms with Gasteiger partial charge in [0.05, 0.1) is 48.7 Å². The highest BCUT2D eigenvalue weighted by Gasteiger charge is 2.20. The number of nitrogens with one attached hydrogen (secondary N) is 2. The number of ether oxygens (including phenoxy) is 3. The quantitative estimate of drug-likeness (QED) is 0.585. The monoisotopic (exact) mass is 450 g/mol. The zero-order valence-electron chi connectivity index (χ0n) is 17.3. The first kappa shape index (κ1) is 23.7. The van der Waals surface area contributed by atoms with Gasteiger partial charge in [0.15, 0.2) is 0 Å². The summed E-state index contributed by atoms with van der Waals surface area (Å²) in [6.45, 7) is 1.65. The standard InChI is InChI=1S/C20H22N2O8S/c1-5-18(23)21-16-11-15(6-7-17(16)28-2)31(26,27)22-14-9-12(19(24)29-3)8-13(10-14)20(25)30-4/h6-11,22H,5H2,1-4H3,(H,21,23). The second kappa shape index (κ2) is 9.94. The fourth-order valence-corrected chi connectivity index (χ4v) is 3.63. The van der Waals surface area contributed by atoms with Gasteiger partial charge in [-0.2, -0.15) is 0 Å². The predicted molar refractivity (Wildman–Crippen MR) is 112 cm³/mol. The van der Waals surface area contributed by atoms with Crippen LogP contribution in [0.15, 0.2) is 41.3 Å². The molecule has 2 N–H and O–H groups in total. The molecule has 31 heavy (non-hydrogen) atoms. The number of sulfonamides is 1. The third kappa shape index (κ3) is 5.72. The normalized spacial score (nSPS) is 10.7. The molecular formula is C20H22N2O8S. The van der Waals surface area contributed by atoms with Gasteiger partial charge in [0, 0.05) is 6.42 Å². The van der Waals surface area contributed by atoms with Gasteiger partial charge in [-0.05, 0) is 36.4 Å². The Balaban J connectivity index is 2.48. The molecule has 0 aliphatic rings. The molecule has 0 saturated heterocycles. The Bertz CT molecular complexity index is 1080. The summed E-state index contributed by atoms with van der Waals surface area (Å²) in [6.07, 6.45) is 0.189. The maximum Gasteiger partial charge on any atom is 0.337 e. The van der Waals surface area contributed by atoms with Gasteiger partial charge in [0.1, 0.15) is 5.75 Å². The molecule has 11 heteroatoms. The molecule has 1 amide bonds. The van der Waals surface area contributed by atoms with Crippen molar-refractivity contribution in [1.82, 2.24) is 0 Å². The molecule has 0 fully saturated rings. The fraction of sp³-hybridized carbons (Fsp3) is 0.250. The second-order valence-electron chi connectivity index (χ2n) is 6.15. The number of anilines is 2. The summed E-state index contributed by atoms with van der Waals surface area (Å²) in [5.41, 5.74) is 0.0245. The summed E-state index contributed by atoms with van der Waals surface area (Å²) >= 11 is 0. The van der Waals surface area contributed by atoms with Crippen LogP contribution < -0.4 is 14.8 Å². The van der Waals surface area contributed by atoms with E-state index in [1.54, 1.807) is 6.92 Å². The lowest BCUT2D eigenvalue weighted by molar-refractivity contribution is -0.115. The van der Waals surface area contributed by atoms with Gasteiger partial charge < -0.3 is 19.5 Å². The molecule has 0 aliphatic carbocycles. The van der Waals surface area contributed by atoms with Crippen LogP contribution in [0.25, 0.3) is 0 Å². The lowest BCUT2D eigenvalue weighted by Gasteiger charge is -2.14. The molecule has 0 atom stereocenters. The van der Waals surface area contributed by atoms with E-state index in [1.807, 2.05) is 0 Å². The zero-order chi connectivity index (χ0) is 23.2. The average Bonchev–Trinajstić information content (AvgIpc) is 2.77. The van der Waals surface area contributed by atoms with Crippen molar-refractivity contribution in [3.8, 4) is 5.75 Å². The van der Waals surface area contributed by atoms with Gasteiger partial charge in [-0.1, -0.05) is 6.92 Å². The first-order chi connectivity index (χ1) is 14.6. The summed E-state index contributed by atoms with van der Waals surface area (Å²) in [7, 11) is -0.471. The van der Waals surface area contributed by atoms with E-state index in [2.05, 4.69) is 19.5 Å². The summed E-state index contributed by atoms with van der Waals surface area (Å²) in [6, 6.07) is 7.58. The minimum atomic E-state index is -4.16. The summed E-state index contributed by atoms with van der Waals surface area (Å²) in [5, 5.41) is 2.57. The Morgan fingerprint density at radius 2 is 1.48 bits per heavy atom. The number of hydrogen-bond donors (Lipinski definition) is 2. The molecule has 0 aromatic heterocycles. The molecule has 0 saturated carbocycles. The van der Waals surface area contributed by atoms with Crippen LogP contribution in [0.3, 0.4) is 0 Å². The van der Waals surface area contributed by atoms with Crippen LogP contribution in [-0.2, 0) is 24.3 Å². The van der Waals surface area contributed by atoms with Crippen molar-refractivity contribution in [2.45, 2.75) is 18.2 Å². The number of benzene rings is 2. The van der Waals surface area contributed by atoms with E-state index < -0.39 is 22.0 Å². The number of methoxy groups -OCH3 is 3. The van der Waals surface area contributed by atoms with Crippen LogP contribution in [0.1, 0.15) is 34.1 Å². The first-order valence-electron chi connectivity index (χ1n) is 8.97. The molecule has 2 aromatic carbocycles. The van der Waals surface area contributed by atoms with Gasteiger partial charge in [-0.15, -0.1) is 0 Å². The van der Waals surface area contributed by atoms with Crippen molar-refractivity contribution in [2.24, 2.45) is 0 Å². The highest BCUT2D eigenvalue weighted by atomic mass is 32.2. The lowest BCUT2D eigenvalue weighted by Crippen LogP contribution is -2.16. The van der Waals surface area contributed by atoms with Crippen molar-refractivity contribution in [3.63, 3.8) is 0 Å². The number of rotatable bonds is 8. The molecule has 0 bridgehead atoms. The van der Waals surface area contributed by atoms with Crippen LogP contribution in [0, 0.1) is 0 Å². The Morgan fingerprint density at radius 3 is 1.97 bits per heavy atom. The largest absolute Gasteiger partial charge is 0.495 e. The van der Waals surface area contributed by atoms with Crippen molar-refractivity contribution in [2.75, 3.05) is 31.4 Å². The SMILES string of the molecule is CCC(=O)Nc1cc(S(=O)(=O)Nc2cc(C(=O)OC)cc(C(=O)OC)c2)ccc1OC. The molecule has 0 spiro atoms. The number of hydrogen-bond acceptors (Lipinski definition) is 8. The molecule has 0 unspecified atom stereocenters. The van der Waals surface area contributed by atoms with Crippen molar-refractivity contribution in [1.29, 1.82) is 0 Å².